The lowest BCUT2D eigenvalue weighted by atomic mass is 9.98. The first kappa shape index (κ1) is 14.7. The highest BCUT2D eigenvalue weighted by atomic mass is 32.2. The van der Waals surface area contributed by atoms with Crippen LogP contribution in [0.15, 0.2) is 29.2 Å². The van der Waals surface area contributed by atoms with Gasteiger partial charge in [0.25, 0.3) is 5.91 Å². The van der Waals surface area contributed by atoms with Gasteiger partial charge in [0.05, 0.1) is 4.90 Å². The molecule has 0 saturated carbocycles. The minimum atomic E-state index is -3.33. The van der Waals surface area contributed by atoms with Crippen molar-refractivity contribution in [2.45, 2.75) is 18.2 Å². The van der Waals surface area contributed by atoms with E-state index < -0.39 is 9.84 Å². The number of Topliss-reactive ketones (excluding diaryl/α,β-unsaturated/α-hetero) is 1. The molecule has 1 unspecified atom stereocenters. The Balaban J connectivity index is 2.24. The van der Waals surface area contributed by atoms with E-state index in [2.05, 4.69) is 0 Å². The number of nitrogens with zero attached hydrogens (tertiary/aromatic N) is 1. The normalized spacial score (nSPS) is 20.0. The van der Waals surface area contributed by atoms with Gasteiger partial charge in [-0.05, 0) is 18.2 Å². The highest BCUT2D eigenvalue weighted by molar-refractivity contribution is 7.90. The molecule has 20 heavy (non-hydrogen) atoms. The maximum Gasteiger partial charge on any atom is 0.253 e. The Morgan fingerprint density at radius 3 is 2.65 bits per heavy atom. The molecular formula is C14H17NO4S. The fraction of sp³-hybridized carbons (Fsp3) is 0.429. The third kappa shape index (κ3) is 3.07. The average Bonchev–Trinajstić information content (AvgIpc) is 2.40. The zero-order valence-corrected chi connectivity index (χ0v) is 12.3. The molecule has 1 saturated heterocycles. The maximum atomic E-state index is 12.4. The highest BCUT2D eigenvalue weighted by Crippen LogP contribution is 2.17. The van der Waals surface area contributed by atoms with Crippen molar-refractivity contribution in [3.8, 4) is 0 Å². The first-order valence-corrected chi connectivity index (χ1v) is 8.30. The van der Waals surface area contributed by atoms with E-state index in [1.54, 1.807) is 24.0 Å². The third-order valence-electron chi connectivity index (χ3n) is 3.47. The van der Waals surface area contributed by atoms with Crippen LogP contribution in [0.1, 0.15) is 23.7 Å². The van der Waals surface area contributed by atoms with Gasteiger partial charge in [-0.3, -0.25) is 9.59 Å². The molecule has 1 fully saturated rings. The standard InChI is InChI=1S/C14H17NO4S/c1-10-9-15(7-6-13(10)16)14(17)11-4-3-5-12(8-11)20(2,18)19/h3-5,8,10H,6-7,9H2,1-2H3. The van der Waals surface area contributed by atoms with Gasteiger partial charge < -0.3 is 4.90 Å². The summed E-state index contributed by atoms with van der Waals surface area (Å²) in [4.78, 5) is 25.6. The van der Waals surface area contributed by atoms with Gasteiger partial charge in [0.1, 0.15) is 5.78 Å². The molecule has 0 spiro atoms. The van der Waals surface area contributed by atoms with Crippen LogP contribution in [-0.4, -0.2) is 44.4 Å². The van der Waals surface area contributed by atoms with Crippen LogP contribution >= 0.6 is 0 Å². The molecule has 0 radical (unpaired) electrons. The molecule has 1 aliphatic heterocycles. The van der Waals surface area contributed by atoms with Crippen LogP contribution in [0.25, 0.3) is 0 Å². The number of piperidine rings is 1. The Morgan fingerprint density at radius 1 is 1.35 bits per heavy atom. The van der Waals surface area contributed by atoms with E-state index >= 15 is 0 Å². The van der Waals surface area contributed by atoms with Crippen LogP contribution in [0.5, 0.6) is 0 Å². The minimum absolute atomic E-state index is 0.129. The summed E-state index contributed by atoms with van der Waals surface area (Å²) in [6, 6.07) is 6.01. The van der Waals surface area contributed by atoms with Gasteiger partial charge in [0, 0.05) is 37.2 Å². The van der Waals surface area contributed by atoms with E-state index in [1.165, 1.54) is 12.1 Å². The molecular weight excluding hydrogens is 278 g/mol. The number of hydrogen-bond donors (Lipinski definition) is 0. The van der Waals surface area contributed by atoms with Crippen molar-refractivity contribution in [1.29, 1.82) is 0 Å². The van der Waals surface area contributed by atoms with E-state index in [9.17, 15) is 18.0 Å². The first-order chi connectivity index (χ1) is 9.29. The predicted octanol–water partition coefficient (Wildman–Crippen LogP) is 1.14. The number of benzene rings is 1. The number of amides is 1. The zero-order chi connectivity index (χ0) is 14.9. The lowest BCUT2D eigenvalue weighted by molar-refractivity contribution is -0.124. The number of likely N-dealkylation sites (tertiary alicyclic amines) is 1. The molecule has 1 aromatic rings. The third-order valence-corrected chi connectivity index (χ3v) is 4.58. The van der Waals surface area contributed by atoms with Gasteiger partial charge in [0.15, 0.2) is 9.84 Å². The quantitative estimate of drug-likeness (QED) is 0.820. The van der Waals surface area contributed by atoms with Crippen molar-refractivity contribution in [2.24, 2.45) is 5.92 Å². The van der Waals surface area contributed by atoms with Crippen molar-refractivity contribution in [1.82, 2.24) is 4.90 Å². The van der Waals surface area contributed by atoms with Crippen LogP contribution in [0, 0.1) is 5.92 Å². The maximum absolute atomic E-state index is 12.4. The predicted molar refractivity (Wildman–Crippen MR) is 74.2 cm³/mol. The first-order valence-electron chi connectivity index (χ1n) is 6.41. The van der Waals surface area contributed by atoms with Gasteiger partial charge in [-0.2, -0.15) is 0 Å². The second kappa shape index (κ2) is 5.36. The van der Waals surface area contributed by atoms with Crippen LogP contribution in [-0.2, 0) is 14.6 Å². The highest BCUT2D eigenvalue weighted by Gasteiger charge is 2.27. The summed E-state index contributed by atoms with van der Waals surface area (Å²) >= 11 is 0. The summed E-state index contributed by atoms with van der Waals surface area (Å²) in [5.74, 6) is -0.223. The molecule has 1 aliphatic rings. The summed E-state index contributed by atoms with van der Waals surface area (Å²) in [6.07, 6.45) is 1.47. The van der Waals surface area contributed by atoms with Crippen molar-refractivity contribution >= 4 is 21.5 Å². The second-order valence-corrected chi connectivity index (χ2v) is 7.18. The largest absolute Gasteiger partial charge is 0.337 e. The van der Waals surface area contributed by atoms with Crippen LogP contribution in [0.3, 0.4) is 0 Å². The Morgan fingerprint density at radius 2 is 2.05 bits per heavy atom. The summed E-state index contributed by atoms with van der Waals surface area (Å²) in [6.45, 7) is 2.58. The van der Waals surface area contributed by atoms with E-state index in [4.69, 9.17) is 0 Å². The topological polar surface area (TPSA) is 71.5 Å². The fourth-order valence-corrected chi connectivity index (χ4v) is 2.91. The summed E-state index contributed by atoms with van der Waals surface area (Å²) in [5.41, 5.74) is 0.342. The van der Waals surface area contributed by atoms with Gasteiger partial charge >= 0.3 is 0 Å². The van der Waals surface area contributed by atoms with E-state index in [0.29, 0.717) is 25.1 Å². The number of ketones is 1. The van der Waals surface area contributed by atoms with E-state index in [0.717, 1.165) is 6.26 Å². The monoisotopic (exact) mass is 295 g/mol. The SMILES string of the molecule is CC1CN(C(=O)c2cccc(S(C)(=O)=O)c2)CCC1=O. The zero-order valence-electron chi connectivity index (χ0n) is 11.5. The van der Waals surface area contributed by atoms with Crippen molar-refractivity contribution in [3.63, 3.8) is 0 Å². The van der Waals surface area contributed by atoms with E-state index in [1.807, 2.05) is 0 Å². The number of carbonyl (C=O) groups excluding carboxylic acids is 2. The van der Waals surface area contributed by atoms with Crippen LogP contribution in [0.2, 0.25) is 0 Å². The van der Waals surface area contributed by atoms with Crippen LogP contribution in [0.4, 0.5) is 0 Å². The number of hydrogen-bond acceptors (Lipinski definition) is 4. The second-order valence-electron chi connectivity index (χ2n) is 5.17. The molecule has 5 nitrogen and oxygen atoms in total. The molecule has 1 heterocycles. The molecule has 1 atom stereocenters. The molecule has 1 aromatic carbocycles. The molecule has 6 heteroatoms. The lowest BCUT2D eigenvalue weighted by Gasteiger charge is -2.30. The van der Waals surface area contributed by atoms with Crippen molar-refractivity contribution in [3.05, 3.63) is 29.8 Å². The summed E-state index contributed by atoms with van der Waals surface area (Å²) < 4.78 is 23.0. The smallest absolute Gasteiger partial charge is 0.253 e. The molecule has 0 bridgehead atoms. The van der Waals surface area contributed by atoms with Crippen molar-refractivity contribution < 1.29 is 18.0 Å². The van der Waals surface area contributed by atoms with Gasteiger partial charge in [-0.25, -0.2) is 8.42 Å². The molecule has 108 valence electrons. The molecule has 2 rings (SSSR count). The molecule has 0 aromatic heterocycles. The number of rotatable bonds is 2. The Bertz CT molecular complexity index is 651. The lowest BCUT2D eigenvalue weighted by Crippen LogP contribution is -2.43. The van der Waals surface area contributed by atoms with Crippen molar-refractivity contribution in [2.75, 3.05) is 19.3 Å². The van der Waals surface area contributed by atoms with Gasteiger partial charge in [-0.1, -0.05) is 13.0 Å². The van der Waals surface area contributed by atoms with Crippen LogP contribution < -0.4 is 0 Å². The fourth-order valence-electron chi connectivity index (χ4n) is 2.24. The number of sulfone groups is 1. The Hall–Kier alpha value is -1.69. The molecule has 0 N–H and O–H groups in total. The molecule has 0 aliphatic carbocycles. The Kier molecular flexibility index (Phi) is 3.94. The van der Waals surface area contributed by atoms with Gasteiger partial charge in [0.2, 0.25) is 0 Å². The van der Waals surface area contributed by atoms with Gasteiger partial charge in [-0.15, -0.1) is 0 Å². The molecule has 1 amide bonds. The number of carbonyl (C=O) groups is 2. The summed E-state index contributed by atoms with van der Waals surface area (Å²) in [7, 11) is -3.33. The summed E-state index contributed by atoms with van der Waals surface area (Å²) in [5, 5.41) is 0. The Labute approximate surface area is 118 Å². The minimum Gasteiger partial charge on any atom is -0.337 e. The van der Waals surface area contributed by atoms with E-state index in [-0.39, 0.29) is 22.5 Å². The average molecular weight is 295 g/mol.